The average molecular weight is 259 g/mol. The molecule has 0 amide bonds. The first-order chi connectivity index (χ1) is 6.32. The number of carboxylic acid groups (broad SMARTS) is 1. The minimum Gasteiger partial charge on any atom is -0.478 e. The molecule has 4 nitrogen and oxygen atoms in total. The van der Waals surface area contributed by atoms with Crippen molar-refractivity contribution in [1.29, 1.82) is 0 Å². The van der Waals surface area contributed by atoms with Gasteiger partial charge in [0, 0.05) is 11.6 Å². The van der Waals surface area contributed by atoms with Crippen LogP contribution in [0, 0.1) is 0 Å². The van der Waals surface area contributed by atoms with Gasteiger partial charge in [-0.2, -0.15) is 0 Å². The third-order valence-electron chi connectivity index (χ3n) is 1.64. The van der Waals surface area contributed by atoms with Crippen LogP contribution in [0.25, 0.3) is 0 Å². The van der Waals surface area contributed by atoms with E-state index in [1.165, 1.54) is 6.20 Å². The largest absolute Gasteiger partial charge is 0.478 e. The quantitative estimate of drug-likeness (QED) is 0.785. The molecule has 1 heterocycles. The van der Waals surface area contributed by atoms with Gasteiger partial charge < -0.3 is 5.11 Å². The summed E-state index contributed by atoms with van der Waals surface area (Å²) in [6.07, 6.45) is 1.32. The van der Waals surface area contributed by atoms with Gasteiger partial charge in [0.25, 0.3) is 0 Å². The van der Waals surface area contributed by atoms with Gasteiger partial charge in [0.15, 0.2) is 0 Å². The van der Waals surface area contributed by atoms with Crippen molar-refractivity contribution in [3.05, 3.63) is 22.2 Å². The van der Waals surface area contributed by atoms with E-state index < -0.39 is 5.97 Å². The first kappa shape index (κ1) is 11.1. The molecule has 0 radical (unpaired) electrons. The maximum Gasteiger partial charge on any atom is 0.340 e. The minimum atomic E-state index is -1.03. The van der Waals surface area contributed by atoms with E-state index in [9.17, 15) is 4.79 Å². The maximum absolute atomic E-state index is 10.7. The molecule has 0 bridgehead atoms. The van der Waals surface area contributed by atoms with Crippen molar-refractivity contribution in [2.45, 2.75) is 26.2 Å². The summed E-state index contributed by atoms with van der Waals surface area (Å²) in [7, 11) is 0. The molecule has 0 spiro atoms. The van der Waals surface area contributed by atoms with Gasteiger partial charge in [-0.1, -0.05) is 20.8 Å². The molecule has 5 heteroatoms. The zero-order valence-electron chi connectivity index (χ0n) is 8.21. The van der Waals surface area contributed by atoms with E-state index >= 15 is 0 Å². The second-order valence-corrected chi connectivity index (χ2v) is 4.70. The van der Waals surface area contributed by atoms with Gasteiger partial charge in [0.1, 0.15) is 16.0 Å². The number of halogens is 1. The van der Waals surface area contributed by atoms with Gasteiger partial charge in [-0.3, -0.25) is 0 Å². The highest BCUT2D eigenvalue weighted by Gasteiger charge is 2.20. The Labute approximate surface area is 90.5 Å². The summed E-state index contributed by atoms with van der Waals surface area (Å²) in [5, 5.41) is 8.75. The second-order valence-electron chi connectivity index (χ2n) is 3.95. The summed E-state index contributed by atoms with van der Waals surface area (Å²) in [6, 6.07) is 0. The number of nitrogens with zero attached hydrogens (tertiary/aromatic N) is 2. The molecule has 1 aromatic rings. The summed E-state index contributed by atoms with van der Waals surface area (Å²) in [6.45, 7) is 5.90. The lowest BCUT2D eigenvalue weighted by molar-refractivity contribution is 0.0694. The first-order valence-corrected chi connectivity index (χ1v) is 4.88. The topological polar surface area (TPSA) is 63.1 Å². The smallest absolute Gasteiger partial charge is 0.340 e. The number of aromatic carboxylic acids is 1. The molecule has 14 heavy (non-hydrogen) atoms. The fourth-order valence-corrected chi connectivity index (χ4v) is 1.31. The predicted octanol–water partition coefficient (Wildman–Crippen LogP) is 2.23. The Morgan fingerprint density at radius 2 is 2.07 bits per heavy atom. The van der Waals surface area contributed by atoms with Crippen molar-refractivity contribution in [3.63, 3.8) is 0 Å². The van der Waals surface area contributed by atoms with Crippen LogP contribution in [-0.4, -0.2) is 21.0 Å². The average Bonchev–Trinajstić information content (AvgIpc) is 2.01. The molecule has 0 aromatic carbocycles. The second kappa shape index (κ2) is 3.65. The van der Waals surface area contributed by atoms with Crippen LogP contribution in [0.5, 0.6) is 0 Å². The highest BCUT2D eigenvalue weighted by atomic mass is 79.9. The third-order valence-corrected chi connectivity index (χ3v) is 2.25. The molecule has 0 atom stereocenters. The Morgan fingerprint density at radius 3 is 2.43 bits per heavy atom. The molecule has 0 aliphatic carbocycles. The van der Waals surface area contributed by atoms with Crippen molar-refractivity contribution >= 4 is 21.9 Å². The molecular weight excluding hydrogens is 248 g/mol. The van der Waals surface area contributed by atoms with E-state index in [-0.39, 0.29) is 11.0 Å². The van der Waals surface area contributed by atoms with Crippen LogP contribution in [0.15, 0.2) is 10.8 Å². The van der Waals surface area contributed by atoms with E-state index in [0.717, 1.165) is 0 Å². The zero-order valence-corrected chi connectivity index (χ0v) is 9.79. The van der Waals surface area contributed by atoms with Crippen LogP contribution in [-0.2, 0) is 5.41 Å². The highest BCUT2D eigenvalue weighted by molar-refractivity contribution is 9.10. The fourth-order valence-electron chi connectivity index (χ4n) is 0.866. The van der Waals surface area contributed by atoms with Crippen molar-refractivity contribution in [2.75, 3.05) is 0 Å². The fraction of sp³-hybridized carbons (Fsp3) is 0.444. The molecule has 1 N–H and O–H groups in total. The van der Waals surface area contributed by atoms with Crippen molar-refractivity contribution in [2.24, 2.45) is 0 Å². The van der Waals surface area contributed by atoms with Crippen molar-refractivity contribution in [3.8, 4) is 0 Å². The Balaban J connectivity index is 3.20. The molecule has 1 rings (SSSR count). The van der Waals surface area contributed by atoms with Crippen molar-refractivity contribution < 1.29 is 9.90 Å². The van der Waals surface area contributed by atoms with E-state index in [1.807, 2.05) is 20.8 Å². The lowest BCUT2D eigenvalue weighted by atomic mass is 9.96. The normalized spacial score (nSPS) is 11.4. The van der Waals surface area contributed by atoms with Gasteiger partial charge in [0.2, 0.25) is 0 Å². The Hall–Kier alpha value is -0.970. The number of hydrogen-bond donors (Lipinski definition) is 1. The number of carbonyl (C=O) groups is 1. The Morgan fingerprint density at radius 1 is 1.50 bits per heavy atom. The molecular formula is C9H11BrN2O2. The number of rotatable bonds is 1. The SMILES string of the molecule is CC(C)(C)c1ncc(C(=O)O)c(Br)n1. The Bertz CT molecular complexity index is 372. The van der Waals surface area contributed by atoms with Crippen LogP contribution < -0.4 is 0 Å². The highest BCUT2D eigenvalue weighted by Crippen LogP contribution is 2.21. The minimum absolute atomic E-state index is 0.0815. The van der Waals surface area contributed by atoms with Crippen LogP contribution in [0.4, 0.5) is 0 Å². The van der Waals surface area contributed by atoms with E-state index in [1.54, 1.807) is 0 Å². The molecule has 1 aromatic heterocycles. The summed E-state index contributed by atoms with van der Waals surface area (Å²) in [4.78, 5) is 18.8. The van der Waals surface area contributed by atoms with Crippen molar-refractivity contribution in [1.82, 2.24) is 9.97 Å². The molecule has 0 fully saturated rings. The number of carboxylic acids is 1. The molecule has 0 aliphatic heterocycles. The standard InChI is InChI=1S/C9H11BrN2O2/c1-9(2,3)8-11-4-5(7(13)14)6(10)12-8/h4H,1-3H3,(H,13,14). The lowest BCUT2D eigenvalue weighted by Gasteiger charge is -2.16. The third kappa shape index (κ3) is 2.29. The van der Waals surface area contributed by atoms with Crippen LogP contribution in [0.3, 0.4) is 0 Å². The molecule has 0 unspecified atom stereocenters. The summed E-state index contributed by atoms with van der Waals surface area (Å²) in [5.74, 6) is -0.410. The predicted molar refractivity (Wildman–Crippen MR) is 55.4 cm³/mol. The molecule has 76 valence electrons. The maximum atomic E-state index is 10.7. The van der Waals surface area contributed by atoms with E-state index in [2.05, 4.69) is 25.9 Å². The monoisotopic (exact) mass is 258 g/mol. The summed E-state index contributed by atoms with van der Waals surface area (Å²) in [5.41, 5.74) is -0.0995. The van der Waals surface area contributed by atoms with Gasteiger partial charge in [-0.15, -0.1) is 0 Å². The number of hydrogen-bond acceptors (Lipinski definition) is 3. The van der Waals surface area contributed by atoms with Crippen LogP contribution in [0.2, 0.25) is 0 Å². The van der Waals surface area contributed by atoms with Crippen LogP contribution in [0.1, 0.15) is 37.0 Å². The first-order valence-electron chi connectivity index (χ1n) is 4.08. The summed E-state index contributed by atoms with van der Waals surface area (Å²) < 4.78 is 0.324. The molecule has 0 saturated heterocycles. The molecule has 0 saturated carbocycles. The van der Waals surface area contributed by atoms with Gasteiger partial charge in [-0.05, 0) is 15.9 Å². The van der Waals surface area contributed by atoms with Gasteiger partial charge in [-0.25, -0.2) is 14.8 Å². The lowest BCUT2D eigenvalue weighted by Crippen LogP contribution is -2.17. The van der Waals surface area contributed by atoms with Gasteiger partial charge in [0.05, 0.1) is 0 Å². The van der Waals surface area contributed by atoms with E-state index in [0.29, 0.717) is 10.4 Å². The van der Waals surface area contributed by atoms with E-state index in [4.69, 9.17) is 5.11 Å². The summed E-state index contributed by atoms with van der Waals surface area (Å²) >= 11 is 3.11. The van der Waals surface area contributed by atoms with Gasteiger partial charge >= 0.3 is 5.97 Å². The zero-order chi connectivity index (χ0) is 10.9. The Kier molecular flexibility index (Phi) is 2.89. The number of aromatic nitrogens is 2. The van der Waals surface area contributed by atoms with Crippen LogP contribution >= 0.6 is 15.9 Å². The molecule has 0 aliphatic rings.